The summed E-state index contributed by atoms with van der Waals surface area (Å²) < 4.78 is 17.3. The van der Waals surface area contributed by atoms with Crippen LogP contribution < -0.4 is 19.6 Å². The Morgan fingerprint density at radius 1 is 0.818 bits per heavy atom. The Morgan fingerprint density at radius 2 is 0.818 bits per heavy atom. The van der Waals surface area contributed by atoms with Crippen LogP contribution in [0.15, 0.2) is 0 Å². The van der Waals surface area contributed by atoms with Crippen molar-refractivity contribution in [2.75, 3.05) is 0 Å². The molecule has 0 amide bonds. The molecule has 0 atom stereocenters. The predicted octanol–water partition coefficient (Wildman–Crippen LogP) is -4.39. The summed E-state index contributed by atoms with van der Waals surface area (Å²) in [7, 11) is -10.3. The first-order chi connectivity index (χ1) is 4.00. The Kier molecular flexibility index (Phi) is 11.1. The van der Waals surface area contributed by atoms with Gasteiger partial charge in [-0.15, -0.1) is 0 Å². The standard InChI is InChI=1S/2H3O4P.U/c2*1-5(2,3)4;/h2*(H3,1,2,3,4);/q;;+4/p-4. The number of hydrogen-bond acceptors (Lipinski definition) is 6. The molecule has 0 unspecified atom stereocenters. The van der Waals surface area contributed by atoms with Crippen LogP contribution in [-0.4, -0.2) is 9.79 Å². The Bertz CT molecular complexity index is 124. The summed E-state index contributed by atoms with van der Waals surface area (Å²) in [5.41, 5.74) is 0. The molecule has 0 aliphatic carbocycles. The largest absolute Gasteiger partial charge is 4.00 e. The first-order valence-corrected chi connectivity index (χ1v) is 4.49. The fourth-order valence-electron chi connectivity index (χ4n) is 0. The quantitative estimate of drug-likeness (QED) is 0.364. The van der Waals surface area contributed by atoms with Crippen LogP contribution in [0.3, 0.4) is 0 Å². The molecule has 0 fully saturated rings. The molecule has 0 rings (SSSR count). The molecule has 0 saturated carbocycles. The van der Waals surface area contributed by atoms with Crippen molar-refractivity contribution < 1.29 is 69.6 Å². The fraction of sp³-hybridized carbons (Fsp3) is 0. The molecule has 64 valence electrons. The van der Waals surface area contributed by atoms with Crippen LogP contribution in [-0.2, 0) is 9.13 Å². The van der Waals surface area contributed by atoms with Crippen LogP contribution in [0.2, 0.25) is 0 Å². The summed E-state index contributed by atoms with van der Waals surface area (Å²) >= 11 is 0. The molecule has 11 heteroatoms. The summed E-state index contributed by atoms with van der Waals surface area (Å²) in [5, 5.41) is 0. The molecule has 0 aliphatic rings. The van der Waals surface area contributed by atoms with Crippen molar-refractivity contribution >= 4 is 15.6 Å². The molecule has 0 bridgehead atoms. The van der Waals surface area contributed by atoms with Gasteiger partial charge in [-0.25, -0.2) is 0 Å². The summed E-state index contributed by atoms with van der Waals surface area (Å²) in [6, 6.07) is 0. The SMILES string of the molecule is O=P([O-])([O-])O.O=P([O-])([O-])O.[U+4]. The molecular weight excluding hydrogens is 428 g/mol. The van der Waals surface area contributed by atoms with Gasteiger partial charge in [-0.1, -0.05) is 0 Å². The molecule has 2 N–H and O–H groups in total. The van der Waals surface area contributed by atoms with Gasteiger partial charge in [0.2, 0.25) is 0 Å². The first-order valence-electron chi connectivity index (χ1n) is 1.50. The van der Waals surface area contributed by atoms with Gasteiger partial charge in [-0.2, -0.15) is 0 Å². The summed E-state index contributed by atoms with van der Waals surface area (Å²) in [5.74, 6) is 0. The van der Waals surface area contributed by atoms with Crippen LogP contribution in [0.4, 0.5) is 0 Å². The van der Waals surface area contributed by atoms with Crippen molar-refractivity contribution in [1.82, 2.24) is 0 Å². The fourth-order valence-corrected chi connectivity index (χ4v) is 0. The third-order valence-corrected chi connectivity index (χ3v) is 0. The van der Waals surface area contributed by atoms with E-state index in [1.165, 1.54) is 0 Å². The van der Waals surface area contributed by atoms with Gasteiger partial charge in [-0.3, -0.25) is 0 Å². The molecule has 0 radical (unpaired) electrons. The summed E-state index contributed by atoms with van der Waals surface area (Å²) in [6.45, 7) is 0. The molecule has 0 aromatic carbocycles. The topological polar surface area (TPSA) is 167 Å². The van der Waals surface area contributed by atoms with Gasteiger partial charge >= 0.3 is 31.1 Å². The molecule has 0 saturated heterocycles. The number of hydrogen-bond donors (Lipinski definition) is 2. The zero-order valence-corrected chi connectivity index (χ0v) is 10.7. The van der Waals surface area contributed by atoms with Crippen molar-refractivity contribution in [2.45, 2.75) is 0 Å². The van der Waals surface area contributed by atoms with Crippen LogP contribution in [0.5, 0.6) is 0 Å². The van der Waals surface area contributed by atoms with Gasteiger partial charge in [-0.05, 0) is 0 Å². The second-order valence-electron chi connectivity index (χ2n) is 0.937. The second-order valence-corrected chi connectivity index (χ2v) is 2.81. The van der Waals surface area contributed by atoms with Crippen molar-refractivity contribution in [3.63, 3.8) is 0 Å². The average molecular weight is 430 g/mol. The van der Waals surface area contributed by atoms with E-state index >= 15 is 0 Å². The Hall–Kier alpha value is 1.27. The van der Waals surface area contributed by atoms with Gasteiger partial charge in [0.15, 0.2) is 0 Å². The molecule has 0 aromatic heterocycles. The Morgan fingerprint density at radius 3 is 0.818 bits per heavy atom. The molecular formula is H2O8P2U. The molecule has 0 aliphatic heterocycles. The van der Waals surface area contributed by atoms with Gasteiger partial charge in [0.1, 0.15) is 0 Å². The molecule has 11 heavy (non-hydrogen) atoms. The maximum absolute atomic E-state index is 8.66. The minimum atomic E-state index is -5.14. The molecule has 8 nitrogen and oxygen atoms in total. The molecule has 0 aromatic rings. The number of phosphoric acid groups is 2. The zero-order chi connectivity index (χ0) is 9.00. The monoisotopic (exact) mass is 430 g/mol. The maximum Gasteiger partial charge on any atom is 4.00 e. The number of rotatable bonds is 0. The third kappa shape index (κ3) is 599. The van der Waals surface area contributed by atoms with Crippen molar-refractivity contribution in [3.8, 4) is 0 Å². The van der Waals surface area contributed by atoms with E-state index in [0.29, 0.717) is 0 Å². The smallest absolute Gasteiger partial charge is 0.790 e. The van der Waals surface area contributed by atoms with Crippen molar-refractivity contribution in [3.05, 3.63) is 0 Å². The van der Waals surface area contributed by atoms with Gasteiger partial charge < -0.3 is 38.5 Å². The van der Waals surface area contributed by atoms with Crippen LogP contribution >= 0.6 is 15.6 Å². The van der Waals surface area contributed by atoms with Gasteiger partial charge in [0, 0.05) is 0 Å². The molecule has 0 spiro atoms. The van der Waals surface area contributed by atoms with E-state index in [4.69, 9.17) is 38.5 Å². The van der Waals surface area contributed by atoms with E-state index in [0.717, 1.165) is 0 Å². The molecule has 0 heterocycles. The Labute approximate surface area is 85.1 Å². The van der Waals surface area contributed by atoms with E-state index in [1.54, 1.807) is 0 Å². The average Bonchev–Trinajstić information content (AvgIpc) is 1.12. The van der Waals surface area contributed by atoms with Gasteiger partial charge in [0.25, 0.3) is 0 Å². The predicted molar refractivity (Wildman–Crippen MR) is 19.7 cm³/mol. The normalized spacial score (nSPS) is 10.7. The first kappa shape index (κ1) is 18.1. The maximum atomic E-state index is 8.66. The Balaban J connectivity index is -0.000000107. The third-order valence-electron chi connectivity index (χ3n) is 0. The minimum absolute atomic E-state index is 0. The van der Waals surface area contributed by atoms with E-state index in [-0.39, 0.29) is 31.1 Å². The van der Waals surface area contributed by atoms with Crippen molar-refractivity contribution in [1.29, 1.82) is 0 Å². The van der Waals surface area contributed by atoms with Gasteiger partial charge in [0.05, 0.1) is 15.6 Å². The van der Waals surface area contributed by atoms with Crippen LogP contribution in [0.25, 0.3) is 0 Å². The summed E-state index contributed by atoms with van der Waals surface area (Å²) in [4.78, 5) is 48.6. The second kappa shape index (κ2) is 6.75. The van der Waals surface area contributed by atoms with E-state index in [9.17, 15) is 0 Å². The van der Waals surface area contributed by atoms with E-state index in [1.807, 2.05) is 0 Å². The van der Waals surface area contributed by atoms with Crippen molar-refractivity contribution in [2.24, 2.45) is 0 Å². The van der Waals surface area contributed by atoms with Crippen LogP contribution in [0.1, 0.15) is 0 Å². The summed E-state index contributed by atoms with van der Waals surface area (Å²) in [6.07, 6.45) is 0. The van der Waals surface area contributed by atoms with E-state index < -0.39 is 15.6 Å². The van der Waals surface area contributed by atoms with E-state index in [2.05, 4.69) is 0 Å². The minimum Gasteiger partial charge on any atom is -0.790 e. The van der Waals surface area contributed by atoms with Crippen LogP contribution in [0, 0.1) is 31.1 Å². The zero-order valence-electron chi connectivity index (χ0n) is 4.74.